The zero-order chi connectivity index (χ0) is 74.0. The molecule has 0 bridgehead atoms. The van der Waals surface area contributed by atoms with Gasteiger partial charge >= 0.3 is 0 Å². The number of carbonyl (C=O) groups excluding carboxylic acids is 4. The maximum Gasteiger partial charge on any atom is 0.222 e. The highest BCUT2D eigenvalue weighted by molar-refractivity contribution is 5.78. The summed E-state index contributed by atoms with van der Waals surface area (Å²) in [6, 6.07) is 0. The lowest BCUT2D eigenvalue weighted by Gasteiger charge is -2.26. The fraction of sp³-hybridized carbons (Fsp3) is 0.955. The molecule has 0 saturated carbocycles. The third kappa shape index (κ3) is 73.6. The Bertz CT molecular complexity index is 1900. The fourth-order valence-electron chi connectivity index (χ4n) is 12.5. The Morgan fingerprint density at radius 3 is 0.611 bits per heavy atom. The lowest BCUT2D eigenvalue weighted by molar-refractivity contribution is -0.134. The van der Waals surface area contributed by atoms with Gasteiger partial charge in [0, 0.05) is 131 Å². The van der Waals surface area contributed by atoms with Crippen LogP contribution in [0.2, 0.25) is 0 Å². The Morgan fingerprint density at radius 2 is 0.380 bits per heavy atom. The Labute approximate surface area is 673 Å². The van der Waals surface area contributed by atoms with Crippen LogP contribution in [0.15, 0.2) is 0 Å². The number of rotatable bonds is 36. The van der Waals surface area contributed by atoms with E-state index in [-0.39, 0.29) is 77.5 Å². The van der Waals surface area contributed by atoms with E-state index in [0.29, 0.717) is 67.6 Å². The van der Waals surface area contributed by atoms with Crippen molar-refractivity contribution in [3.05, 3.63) is 0 Å². The molecule has 0 atom stereocenters. The summed E-state index contributed by atoms with van der Waals surface area (Å²) in [5.41, 5.74) is 0. The minimum Gasteiger partial charge on any atom is -0.379 e. The van der Waals surface area contributed by atoms with E-state index in [1.165, 1.54) is 142 Å². The van der Waals surface area contributed by atoms with Crippen LogP contribution in [0.5, 0.6) is 0 Å². The van der Waals surface area contributed by atoms with Gasteiger partial charge in [-0.2, -0.15) is 0 Å². The first-order chi connectivity index (χ1) is 47.9. The predicted octanol–water partition coefficient (Wildman–Crippen LogP) is 18.4. The van der Waals surface area contributed by atoms with Gasteiger partial charge in [0.1, 0.15) is 0 Å². The van der Waals surface area contributed by atoms with Crippen LogP contribution in [0.3, 0.4) is 0 Å². The fourth-order valence-corrected chi connectivity index (χ4v) is 12.5. The highest BCUT2D eigenvalue weighted by atomic mass is 16.5. The summed E-state index contributed by atoms with van der Waals surface area (Å²) >= 11 is 0. The lowest BCUT2D eigenvalue weighted by Crippen LogP contribution is -2.37. The number of piperidine rings is 4. The molecule has 20 nitrogen and oxygen atoms in total. The molecule has 8 aliphatic rings. The smallest absolute Gasteiger partial charge is 0.222 e. The summed E-state index contributed by atoms with van der Waals surface area (Å²) in [6.07, 6.45) is 30.3. The molecule has 0 aromatic heterocycles. The van der Waals surface area contributed by atoms with Gasteiger partial charge in [-0.3, -0.25) is 19.2 Å². The van der Waals surface area contributed by atoms with E-state index >= 15 is 0 Å². The lowest BCUT2D eigenvalue weighted by atomic mass is 10.1. The third-order valence-electron chi connectivity index (χ3n) is 18.0. The number of hydrogen-bond donors (Lipinski definition) is 0. The van der Waals surface area contributed by atoms with Gasteiger partial charge in [0.15, 0.2) is 0 Å². The van der Waals surface area contributed by atoms with Gasteiger partial charge in [-0.15, -0.1) is 0 Å². The molecule has 8 saturated heterocycles. The van der Waals surface area contributed by atoms with E-state index in [1.807, 2.05) is 75.0 Å². The number of amides is 4. The van der Waals surface area contributed by atoms with Crippen LogP contribution in [0.4, 0.5) is 0 Å². The van der Waals surface area contributed by atoms with Crippen molar-refractivity contribution in [1.29, 1.82) is 0 Å². The summed E-state index contributed by atoms with van der Waals surface area (Å²) in [5, 5.41) is 0. The maximum atomic E-state index is 11.4. The van der Waals surface area contributed by atoms with Gasteiger partial charge in [0.2, 0.25) is 23.6 Å². The molecule has 0 unspecified atom stereocenters. The highest BCUT2D eigenvalue weighted by Crippen LogP contribution is 2.15. The van der Waals surface area contributed by atoms with Crippen molar-refractivity contribution in [2.24, 2.45) is 0 Å². The second kappa shape index (κ2) is 81.0. The molecule has 8 fully saturated rings. The first-order valence-electron chi connectivity index (χ1n) is 40.9. The molecule has 0 aromatic rings. The molecule has 4 amide bonds. The molecule has 8 aliphatic heterocycles. The zero-order valence-electron chi connectivity index (χ0n) is 67.9. The van der Waals surface area contributed by atoms with E-state index < -0.39 is 0 Å². The average molecular weight is 1550 g/mol. The molecule has 0 radical (unpaired) electrons. The van der Waals surface area contributed by atoms with Crippen LogP contribution in [0, 0.1) is 0 Å². The van der Waals surface area contributed by atoms with Gasteiger partial charge in [-0.1, -0.05) is 72.3 Å². The predicted molar refractivity (Wildman–Crippen MR) is 465 cm³/mol. The highest BCUT2D eigenvalue weighted by Gasteiger charge is 2.22. The number of likely N-dealkylation sites (tertiary alicyclic amines) is 8. The molecule has 8 rings (SSSR count). The Hall–Kier alpha value is -2.60. The summed E-state index contributed by atoms with van der Waals surface area (Å²) in [6.45, 7) is 61.5. The topological polar surface area (TPSA) is 168 Å². The van der Waals surface area contributed by atoms with Gasteiger partial charge < -0.3 is 77.1 Å². The van der Waals surface area contributed by atoms with Crippen molar-refractivity contribution in [3.63, 3.8) is 0 Å². The Kier molecular flexibility index (Phi) is 90.8. The first-order valence-corrected chi connectivity index (χ1v) is 40.9. The quantitative estimate of drug-likeness (QED) is 0.0543. The molecule has 108 heavy (non-hydrogen) atoms. The first kappa shape index (κ1) is 121. The van der Waals surface area contributed by atoms with Crippen molar-refractivity contribution in [1.82, 2.24) is 39.2 Å². The van der Waals surface area contributed by atoms with Crippen molar-refractivity contribution in [3.8, 4) is 0 Å². The van der Waals surface area contributed by atoms with Crippen LogP contribution >= 0.6 is 0 Å². The molecule has 656 valence electrons. The molecule has 0 N–H and O–H groups in total. The van der Waals surface area contributed by atoms with Gasteiger partial charge in [-0.25, -0.2) is 0 Å². The minimum atomic E-state index is 0. The van der Waals surface area contributed by atoms with Gasteiger partial charge in [0.05, 0.1) is 75.3 Å². The average Bonchev–Trinajstić information content (AvgIpc) is 1.63. The summed E-state index contributed by atoms with van der Waals surface area (Å²) in [5.74, 6) is 1.20. The summed E-state index contributed by atoms with van der Waals surface area (Å²) < 4.78 is 43.5. The largest absolute Gasteiger partial charge is 0.379 e. The van der Waals surface area contributed by atoms with E-state index in [2.05, 4.69) is 75.0 Å². The second-order valence-corrected chi connectivity index (χ2v) is 30.3. The summed E-state index contributed by atoms with van der Waals surface area (Å²) in [7, 11) is 0. The molecule has 8 heterocycles. The number of hydrogen-bond acceptors (Lipinski definition) is 16. The normalized spacial score (nSPS) is 17.4. The molecule has 20 heteroatoms. The third-order valence-corrected chi connectivity index (χ3v) is 18.0. The SMILES string of the molecule is C.C.C.C.C.C.C.C.CC(C)OCCCN1CCCC1.CC(C)OCCCN1CCCC1=O.CC(C)OCCCN1CCCCC1.CC(C)OCCCN1CCCCC1=O.CC(C)OCCN1CCCC1.CC(C)OCCN1CCCC1=O.CC(C)OCCN1CCCCC1.CC(C)OCCN1CCCCC1=O. The van der Waals surface area contributed by atoms with Crippen molar-refractivity contribution < 1.29 is 57.1 Å². The van der Waals surface area contributed by atoms with E-state index in [1.54, 1.807) is 0 Å². The molecular weight excluding hydrogens is 1360 g/mol. The Balaban J connectivity index is -0.000000175. The molecular formula is C88H192N8O12. The number of nitrogens with zero attached hydrogens (tertiary/aromatic N) is 8. The van der Waals surface area contributed by atoms with Crippen LogP contribution < -0.4 is 0 Å². The van der Waals surface area contributed by atoms with Crippen molar-refractivity contribution in [2.75, 3.05) is 184 Å². The maximum absolute atomic E-state index is 11.4. The van der Waals surface area contributed by atoms with Crippen molar-refractivity contribution in [2.45, 2.75) is 373 Å². The van der Waals surface area contributed by atoms with Crippen molar-refractivity contribution >= 4 is 23.6 Å². The van der Waals surface area contributed by atoms with Gasteiger partial charge in [0.25, 0.3) is 0 Å². The summed E-state index contributed by atoms with van der Waals surface area (Å²) in [4.78, 5) is 62.8. The standard InChI is InChI=1S/C11H21NO2.C11H23NO.2C10H19NO2.2C10H21NO.C9H17NO2.C9H19NO.8CH4/c1-10(2)14-9-5-8-12-7-4-3-6-11(12)13;1-11(2)13-10-6-9-12-7-4-3-5-8-12;1-9(2)13-8-4-7-11-6-3-5-10(11)12;1-9(2)13-8-7-11-6-4-3-5-10(11)12;1-10(2)12-9-5-8-11-6-3-4-7-11;1-10(2)12-9-8-11-6-4-3-5-7-11;1-8(2)12-7-6-10-5-3-4-9(10)11;1-9(2)11-8-7-10-5-3-4-6-10;;;;;;;;/h10H,3-9H2,1-2H3;11H,3-10H2,1-2H3;2*9H,3-8H2,1-2H3;2*10H,3-9H2,1-2H3;8H,3-7H2,1-2H3;9H,3-8H2,1-2H3;8*1H4. The number of ether oxygens (including phenoxy) is 8. The zero-order valence-corrected chi connectivity index (χ0v) is 67.9. The Morgan fingerprint density at radius 1 is 0.204 bits per heavy atom. The van der Waals surface area contributed by atoms with Crippen LogP contribution in [-0.4, -0.2) is 295 Å². The van der Waals surface area contributed by atoms with Crippen LogP contribution in [0.25, 0.3) is 0 Å². The van der Waals surface area contributed by atoms with Crippen LogP contribution in [0.1, 0.15) is 324 Å². The van der Waals surface area contributed by atoms with E-state index in [9.17, 15) is 19.2 Å². The van der Waals surface area contributed by atoms with Gasteiger partial charge in [-0.05, 0) is 279 Å². The van der Waals surface area contributed by atoms with E-state index in [0.717, 1.165) is 182 Å². The monoisotopic (exact) mass is 1550 g/mol. The number of carbonyl (C=O) groups is 4. The van der Waals surface area contributed by atoms with E-state index in [4.69, 9.17) is 37.9 Å². The molecule has 0 aliphatic carbocycles. The minimum absolute atomic E-state index is 0. The molecule has 0 aromatic carbocycles. The molecule has 0 spiro atoms. The van der Waals surface area contributed by atoms with Crippen LogP contribution in [-0.2, 0) is 57.1 Å². The second-order valence-electron chi connectivity index (χ2n) is 30.3.